The van der Waals surface area contributed by atoms with Gasteiger partial charge in [0, 0.05) is 36.8 Å². The van der Waals surface area contributed by atoms with E-state index in [4.69, 9.17) is 0 Å². The first-order valence-corrected chi connectivity index (χ1v) is 11.7. The zero-order valence-corrected chi connectivity index (χ0v) is 20.1. The molecule has 0 aliphatic rings. The predicted molar refractivity (Wildman–Crippen MR) is 131 cm³/mol. The summed E-state index contributed by atoms with van der Waals surface area (Å²) in [6, 6.07) is 12.7. The second kappa shape index (κ2) is 10.9. The van der Waals surface area contributed by atoms with E-state index in [9.17, 15) is 41.0 Å². The van der Waals surface area contributed by atoms with Crippen molar-refractivity contribution >= 4 is 16.8 Å². The lowest BCUT2D eigenvalue weighted by molar-refractivity contribution is -0.143. The Labute approximate surface area is 217 Å². The molecule has 4 rings (SSSR count). The minimum Gasteiger partial charge on any atom is -0.396 e. The highest BCUT2D eigenvalue weighted by Crippen LogP contribution is 2.36. The molecule has 1 amide bonds. The molecule has 0 saturated carbocycles. The summed E-state index contributed by atoms with van der Waals surface area (Å²) >= 11 is 0. The van der Waals surface area contributed by atoms with Crippen LogP contribution in [0, 0.1) is 0 Å². The number of nitrogens with one attached hydrogen (secondary N) is 1. The number of pyridine rings is 2. The lowest BCUT2D eigenvalue weighted by Crippen LogP contribution is -2.34. The van der Waals surface area contributed by atoms with Crippen LogP contribution in [-0.4, -0.2) is 27.2 Å². The number of nitrogens with zero attached hydrogens (tertiary/aromatic N) is 2. The molecule has 0 aliphatic heterocycles. The first kappa shape index (κ1) is 27.8. The molecule has 0 aliphatic carbocycles. The molecule has 0 radical (unpaired) electrons. The van der Waals surface area contributed by atoms with E-state index >= 15 is 0 Å². The van der Waals surface area contributed by atoms with E-state index < -0.39 is 47.1 Å². The number of halogens is 6. The Morgan fingerprint density at radius 2 is 1.56 bits per heavy atom. The number of amides is 1. The molecule has 4 aromatic rings. The molecule has 6 nitrogen and oxygen atoms in total. The molecule has 2 N–H and O–H groups in total. The Kier molecular flexibility index (Phi) is 7.77. The third kappa shape index (κ3) is 5.95. The monoisotopic (exact) mass is 549 g/mol. The van der Waals surface area contributed by atoms with Crippen LogP contribution in [0.1, 0.15) is 33.6 Å². The maximum atomic E-state index is 13.6. The van der Waals surface area contributed by atoms with Crippen molar-refractivity contribution in [1.29, 1.82) is 0 Å². The molecule has 0 saturated heterocycles. The fourth-order valence-corrected chi connectivity index (χ4v) is 4.23. The van der Waals surface area contributed by atoms with E-state index in [0.717, 1.165) is 4.57 Å². The fraction of sp³-hybridized carbons (Fsp3) is 0.222. The van der Waals surface area contributed by atoms with Gasteiger partial charge in [-0.2, -0.15) is 26.3 Å². The van der Waals surface area contributed by atoms with Gasteiger partial charge in [-0.1, -0.05) is 36.4 Å². The molecular weight excluding hydrogens is 528 g/mol. The number of alkyl halides is 6. The average molecular weight is 549 g/mol. The van der Waals surface area contributed by atoms with Gasteiger partial charge >= 0.3 is 12.4 Å². The van der Waals surface area contributed by atoms with Gasteiger partial charge < -0.3 is 15.0 Å². The number of hydrogen-bond acceptors (Lipinski definition) is 4. The standard InChI is InChI=1S/C27H21F6N3O3/c28-26(29,30)18-12-16(13-19(14-18)27(31,32)33)15-35-24(38)23-21(17-6-2-1-3-7-17)20-8-4-9-34-22(20)25(39)36(23)10-5-11-37/h1-4,6-9,12-14,37H,5,10-11,15H2,(H,35,38). The van der Waals surface area contributed by atoms with E-state index in [1.807, 2.05) is 0 Å². The van der Waals surface area contributed by atoms with Crippen LogP contribution in [0.5, 0.6) is 0 Å². The number of benzene rings is 2. The minimum absolute atomic E-state index is 0.00170. The molecule has 204 valence electrons. The summed E-state index contributed by atoms with van der Waals surface area (Å²) in [5.74, 6) is -0.902. The second-order valence-electron chi connectivity index (χ2n) is 8.62. The summed E-state index contributed by atoms with van der Waals surface area (Å²) in [5.41, 5.74) is -3.38. The maximum absolute atomic E-state index is 13.6. The lowest BCUT2D eigenvalue weighted by Gasteiger charge is -2.20. The van der Waals surface area contributed by atoms with Gasteiger partial charge in [0.2, 0.25) is 0 Å². The van der Waals surface area contributed by atoms with Crippen molar-refractivity contribution < 1.29 is 36.2 Å². The van der Waals surface area contributed by atoms with Crippen LogP contribution in [0.25, 0.3) is 22.0 Å². The third-order valence-electron chi connectivity index (χ3n) is 5.95. The molecule has 0 spiro atoms. The smallest absolute Gasteiger partial charge is 0.396 e. The topological polar surface area (TPSA) is 84.2 Å². The van der Waals surface area contributed by atoms with Gasteiger partial charge in [-0.3, -0.25) is 14.6 Å². The van der Waals surface area contributed by atoms with Crippen molar-refractivity contribution in [3.05, 3.63) is 99.6 Å². The minimum atomic E-state index is -5.05. The van der Waals surface area contributed by atoms with Crippen molar-refractivity contribution in [3.8, 4) is 11.1 Å². The molecule has 0 atom stereocenters. The molecular formula is C27H21F6N3O3. The maximum Gasteiger partial charge on any atom is 0.416 e. The van der Waals surface area contributed by atoms with Gasteiger partial charge in [0.05, 0.1) is 11.1 Å². The highest BCUT2D eigenvalue weighted by molar-refractivity contribution is 6.07. The van der Waals surface area contributed by atoms with Crippen molar-refractivity contribution in [2.45, 2.75) is 31.9 Å². The zero-order valence-electron chi connectivity index (χ0n) is 20.1. The molecule has 39 heavy (non-hydrogen) atoms. The number of carbonyl (C=O) groups excluding carboxylic acids is 1. The number of aliphatic hydroxyl groups is 1. The largest absolute Gasteiger partial charge is 0.416 e. The predicted octanol–water partition coefficient (Wildman–Crippen LogP) is 5.41. The van der Waals surface area contributed by atoms with Crippen molar-refractivity contribution in [2.75, 3.05) is 6.61 Å². The molecule has 12 heteroatoms. The average Bonchev–Trinajstić information content (AvgIpc) is 2.90. The first-order valence-electron chi connectivity index (χ1n) is 11.7. The number of aromatic nitrogens is 2. The van der Waals surface area contributed by atoms with Gasteiger partial charge in [0.1, 0.15) is 11.2 Å². The van der Waals surface area contributed by atoms with Crippen LogP contribution in [0.4, 0.5) is 26.3 Å². The van der Waals surface area contributed by atoms with Crippen molar-refractivity contribution in [2.24, 2.45) is 0 Å². The molecule has 2 aromatic carbocycles. The van der Waals surface area contributed by atoms with E-state index in [-0.39, 0.29) is 36.8 Å². The van der Waals surface area contributed by atoms with Crippen LogP contribution < -0.4 is 10.9 Å². The lowest BCUT2D eigenvalue weighted by atomic mass is 9.98. The van der Waals surface area contributed by atoms with Crippen molar-refractivity contribution in [1.82, 2.24) is 14.9 Å². The molecule has 2 aromatic heterocycles. The van der Waals surface area contributed by atoms with Crippen LogP contribution in [0.2, 0.25) is 0 Å². The summed E-state index contributed by atoms with van der Waals surface area (Å²) in [6.07, 6.45) is -8.59. The summed E-state index contributed by atoms with van der Waals surface area (Å²) in [5, 5.41) is 12.1. The van der Waals surface area contributed by atoms with Crippen LogP contribution in [0.3, 0.4) is 0 Å². The Bertz CT molecular complexity index is 1530. The second-order valence-corrected chi connectivity index (χ2v) is 8.62. The number of hydrogen-bond donors (Lipinski definition) is 2. The Morgan fingerprint density at radius 3 is 2.15 bits per heavy atom. The van der Waals surface area contributed by atoms with Gasteiger partial charge in [0.25, 0.3) is 11.5 Å². The Hall–Kier alpha value is -4.19. The van der Waals surface area contributed by atoms with Crippen LogP contribution in [-0.2, 0) is 25.4 Å². The van der Waals surface area contributed by atoms with E-state index in [1.54, 1.807) is 42.5 Å². The molecule has 0 fully saturated rings. The Balaban J connectivity index is 1.85. The van der Waals surface area contributed by atoms with E-state index in [0.29, 0.717) is 28.6 Å². The zero-order chi connectivity index (χ0) is 28.4. The van der Waals surface area contributed by atoms with Crippen molar-refractivity contribution in [3.63, 3.8) is 0 Å². The SMILES string of the molecule is O=C(NCc1cc(C(F)(F)F)cc(C(F)(F)F)c1)c1c(-c2ccccc2)c2cccnc2c(=O)n1CCCO. The highest BCUT2D eigenvalue weighted by Gasteiger charge is 2.37. The van der Waals surface area contributed by atoms with Gasteiger partial charge in [-0.25, -0.2) is 0 Å². The number of carbonyl (C=O) groups is 1. The van der Waals surface area contributed by atoms with Crippen LogP contribution >= 0.6 is 0 Å². The van der Waals surface area contributed by atoms with Gasteiger partial charge in [-0.15, -0.1) is 0 Å². The van der Waals surface area contributed by atoms with Crippen LogP contribution in [0.15, 0.2) is 71.7 Å². The summed E-state index contributed by atoms with van der Waals surface area (Å²) < 4.78 is 80.8. The van der Waals surface area contributed by atoms with Gasteiger partial charge in [-0.05, 0) is 41.8 Å². The summed E-state index contributed by atoms with van der Waals surface area (Å²) in [7, 11) is 0. The quantitative estimate of drug-likeness (QED) is 0.302. The molecule has 2 heterocycles. The molecule has 0 unspecified atom stereocenters. The number of aliphatic hydroxyl groups excluding tert-OH is 1. The molecule has 0 bridgehead atoms. The van der Waals surface area contributed by atoms with E-state index in [1.165, 1.54) is 6.20 Å². The normalized spacial score (nSPS) is 12.1. The Morgan fingerprint density at radius 1 is 0.923 bits per heavy atom. The first-order chi connectivity index (χ1) is 18.4. The number of rotatable bonds is 7. The summed E-state index contributed by atoms with van der Waals surface area (Å²) in [4.78, 5) is 31.0. The fourth-order valence-electron chi connectivity index (χ4n) is 4.23. The summed E-state index contributed by atoms with van der Waals surface area (Å²) in [6.45, 7) is -1.08. The number of fused-ring (bicyclic) bond motifs is 1. The van der Waals surface area contributed by atoms with Gasteiger partial charge in [0.15, 0.2) is 0 Å². The highest BCUT2D eigenvalue weighted by atomic mass is 19.4. The van der Waals surface area contributed by atoms with E-state index in [2.05, 4.69) is 10.3 Å². The third-order valence-corrected chi connectivity index (χ3v) is 5.95.